The number of alkyl halides is 6. The molecule has 0 aliphatic rings. The molecule has 0 bridgehead atoms. The van der Waals surface area contributed by atoms with Crippen molar-refractivity contribution in [3.8, 4) is 5.82 Å². The van der Waals surface area contributed by atoms with Crippen molar-refractivity contribution < 1.29 is 31.1 Å². The molecule has 1 atom stereocenters. The maximum atomic E-state index is 13.2. The highest BCUT2D eigenvalue weighted by Gasteiger charge is 2.38. The summed E-state index contributed by atoms with van der Waals surface area (Å²) in [7, 11) is 1.25. The SMILES string of the molecule is CC(c1cc(N)nn1-c1ccc(Br)cn1)N(C)C(=O)c1cc(C(F)(F)F)cc(C(F)(F)F)c1. The maximum Gasteiger partial charge on any atom is 0.416 e. The van der Waals surface area contributed by atoms with Crippen LogP contribution in [0.5, 0.6) is 0 Å². The fourth-order valence-corrected chi connectivity index (χ4v) is 3.28. The van der Waals surface area contributed by atoms with E-state index < -0.39 is 41.0 Å². The molecule has 3 rings (SSSR count). The molecule has 1 amide bonds. The maximum absolute atomic E-state index is 13.2. The molecule has 2 heterocycles. The molecule has 2 aromatic heterocycles. The number of rotatable bonds is 4. The number of nitrogen functional groups attached to an aromatic ring is 1. The third kappa shape index (κ3) is 5.29. The second-order valence-corrected chi connectivity index (χ2v) is 8.04. The standard InChI is InChI=1S/C20H16BrF6N5O/c1-10(15-8-16(28)30-32(15)17-4-3-14(21)9-29-17)31(2)18(33)11-5-12(19(22,23)24)7-13(6-11)20(25,26)27/h3-10H,1-2H3,(H2,28,30). The van der Waals surface area contributed by atoms with Crippen molar-refractivity contribution in [2.24, 2.45) is 0 Å². The van der Waals surface area contributed by atoms with Gasteiger partial charge >= 0.3 is 12.4 Å². The fraction of sp³-hybridized carbons (Fsp3) is 0.250. The smallest absolute Gasteiger partial charge is 0.382 e. The number of benzene rings is 1. The van der Waals surface area contributed by atoms with Crippen LogP contribution in [0.3, 0.4) is 0 Å². The molecule has 33 heavy (non-hydrogen) atoms. The van der Waals surface area contributed by atoms with Crippen molar-refractivity contribution in [1.82, 2.24) is 19.7 Å². The van der Waals surface area contributed by atoms with Crippen molar-refractivity contribution in [3.63, 3.8) is 0 Å². The van der Waals surface area contributed by atoms with Gasteiger partial charge in [-0.3, -0.25) is 4.79 Å². The second-order valence-electron chi connectivity index (χ2n) is 7.13. The molecular weight excluding hydrogens is 520 g/mol. The number of nitrogens with zero attached hydrogens (tertiary/aromatic N) is 4. The molecule has 3 aromatic rings. The topological polar surface area (TPSA) is 77.0 Å². The zero-order chi connectivity index (χ0) is 24.7. The average Bonchev–Trinajstić information content (AvgIpc) is 3.12. The highest BCUT2D eigenvalue weighted by molar-refractivity contribution is 9.10. The Hall–Kier alpha value is -3.09. The van der Waals surface area contributed by atoms with Crippen molar-refractivity contribution in [1.29, 1.82) is 0 Å². The summed E-state index contributed by atoms with van der Waals surface area (Å²) in [4.78, 5) is 18.1. The van der Waals surface area contributed by atoms with Gasteiger partial charge in [0, 0.05) is 29.3 Å². The first-order chi connectivity index (χ1) is 15.2. The van der Waals surface area contributed by atoms with Crippen LogP contribution in [-0.2, 0) is 12.4 Å². The molecule has 0 aliphatic carbocycles. The number of carbonyl (C=O) groups excluding carboxylic acids is 1. The lowest BCUT2D eigenvalue weighted by Gasteiger charge is -2.26. The van der Waals surface area contributed by atoms with Gasteiger partial charge in [-0.05, 0) is 53.2 Å². The van der Waals surface area contributed by atoms with Crippen LogP contribution in [0.1, 0.15) is 40.1 Å². The van der Waals surface area contributed by atoms with E-state index in [1.807, 2.05) is 0 Å². The lowest BCUT2D eigenvalue weighted by molar-refractivity contribution is -0.143. The molecule has 0 saturated carbocycles. The molecule has 0 aliphatic heterocycles. The highest BCUT2D eigenvalue weighted by Crippen LogP contribution is 2.37. The summed E-state index contributed by atoms with van der Waals surface area (Å²) in [5.41, 5.74) is 2.23. The normalized spacial score (nSPS) is 13.1. The summed E-state index contributed by atoms with van der Waals surface area (Å²) < 4.78 is 81.0. The highest BCUT2D eigenvalue weighted by atomic mass is 79.9. The number of carbonyl (C=O) groups is 1. The van der Waals surface area contributed by atoms with E-state index in [4.69, 9.17) is 5.73 Å². The van der Waals surface area contributed by atoms with Crippen LogP contribution in [0, 0.1) is 0 Å². The van der Waals surface area contributed by atoms with Gasteiger partial charge in [-0.1, -0.05) is 0 Å². The number of anilines is 1. The van der Waals surface area contributed by atoms with Gasteiger partial charge < -0.3 is 10.6 Å². The van der Waals surface area contributed by atoms with Crippen molar-refractivity contribution in [2.45, 2.75) is 25.3 Å². The molecule has 13 heteroatoms. The molecule has 1 unspecified atom stereocenters. The van der Waals surface area contributed by atoms with Gasteiger partial charge in [0.2, 0.25) is 0 Å². The summed E-state index contributed by atoms with van der Waals surface area (Å²) in [5.74, 6) is -0.619. The Morgan fingerprint density at radius 1 is 1.06 bits per heavy atom. The first-order valence-electron chi connectivity index (χ1n) is 9.22. The lowest BCUT2D eigenvalue weighted by Crippen LogP contribution is -2.31. The number of hydrogen-bond donors (Lipinski definition) is 1. The predicted octanol–water partition coefficient (Wildman–Crippen LogP) is 5.48. The Balaban J connectivity index is 2.01. The summed E-state index contributed by atoms with van der Waals surface area (Å²) >= 11 is 3.25. The third-order valence-electron chi connectivity index (χ3n) is 4.85. The Bertz CT molecular complexity index is 1140. The van der Waals surface area contributed by atoms with E-state index in [-0.39, 0.29) is 11.9 Å². The zero-order valence-electron chi connectivity index (χ0n) is 17.0. The van der Waals surface area contributed by atoms with Crippen molar-refractivity contribution in [3.05, 3.63) is 69.5 Å². The minimum Gasteiger partial charge on any atom is -0.382 e. The van der Waals surface area contributed by atoms with E-state index in [1.165, 1.54) is 30.9 Å². The molecule has 6 nitrogen and oxygen atoms in total. The van der Waals surface area contributed by atoms with Crippen LogP contribution in [-0.4, -0.2) is 32.6 Å². The summed E-state index contributed by atoms with van der Waals surface area (Å²) in [6.45, 7) is 1.53. The van der Waals surface area contributed by atoms with Gasteiger partial charge in [-0.2, -0.15) is 26.3 Å². The molecule has 0 saturated heterocycles. The first-order valence-corrected chi connectivity index (χ1v) is 10.0. The van der Waals surface area contributed by atoms with E-state index in [0.29, 0.717) is 28.1 Å². The average molecular weight is 536 g/mol. The van der Waals surface area contributed by atoms with Crippen LogP contribution in [0.4, 0.5) is 32.2 Å². The van der Waals surface area contributed by atoms with E-state index in [2.05, 4.69) is 26.0 Å². The number of halogens is 7. The molecule has 1 aromatic carbocycles. The Labute approximate surface area is 192 Å². The van der Waals surface area contributed by atoms with Crippen molar-refractivity contribution in [2.75, 3.05) is 12.8 Å². The third-order valence-corrected chi connectivity index (χ3v) is 5.32. The largest absolute Gasteiger partial charge is 0.416 e. The van der Waals surface area contributed by atoms with Crippen LogP contribution in [0.15, 0.2) is 47.1 Å². The van der Waals surface area contributed by atoms with Gasteiger partial charge in [-0.25, -0.2) is 9.67 Å². The van der Waals surface area contributed by atoms with Gasteiger partial charge in [0.25, 0.3) is 5.91 Å². The molecule has 0 spiro atoms. The van der Waals surface area contributed by atoms with Crippen LogP contribution >= 0.6 is 15.9 Å². The summed E-state index contributed by atoms with van der Waals surface area (Å²) in [6, 6.07) is 4.64. The Kier molecular flexibility index (Phi) is 6.46. The van der Waals surface area contributed by atoms with E-state index in [1.54, 1.807) is 12.1 Å². The summed E-state index contributed by atoms with van der Waals surface area (Å²) in [6.07, 6.45) is -8.64. The Morgan fingerprint density at radius 2 is 1.64 bits per heavy atom. The quantitative estimate of drug-likeness (QED) is 0.448. The fourth-order valence-electron chi connectivity index (χ4n) is 3.05. The molecular formula is C20H16BrF6N5O. The monoisotopic (exact) mass is 535 g/mol. The molecule has 176 valence electrons. The predicted molar refractivity (Wildman–Crippen MR) is 110 cm³/mol. The van der Waals surface area contributed by atoms with E-state index in [0.717, 1.165) is 4.90 Å². The minimum atomic E-state index is -5.07. The number of nitrogens with two attached hydrogens (primary N) is 1. The van der Waals surface area contributed by atoms with Gasteiger partial charge in [0.1, 0.15) is 5.82 Å². The zero-order valence-corrected chi connectivity index (χ0v) is 18.6. The lowest BCUT2D eigenvalue weighted by atomic mass is 10.0. The molecule has 0 fully saturated rings. The number of amides is 1. The van der Waals surface area contributed by atoms with Gasteiger partial charge in [0.05, 0.1) is 22.9 Å². The van der Waals surface area contributed by atoms with Crippen LogP contribution in [0.2, 0.25) is 0 Å². The first kappa shape index (κ1) is 24.6. The van der Waals surface area contributed by atoms with Gasteiger partial charge in [-0.15, -0.1) is 5.10 Å². The molecule has 2 N–H and O–H groups in total. The Morgan fingerprint density at radius 3 is 2.12 bits per heavy atom. The van der Waals surface area contributed by atoms with Crippen molar-refractivity contribution >= 4 is 27.7 Å². The minimum absolute atomic E-state index is 0.0326. The number of hydrogen-bond acceptors (Lipinski definition) is 4. The van der Waals surface area contributed by atoms with Crippen LogP contribution in [0.25, 0.3) is 5.82 Å². The van der Waals surface area contributed by atoms with Gasteiger partial charge in [0.15, 0.2) is 5.82 Å². The van der Waals surface area contributed by atoms with E-state index >= 15 is 0 Å². The van der Waals surface area contributed by atoms with E-state index in [9.17, 15) is 31.1 Å². The second kappa shape index (κ2) is 8.69. The summed E-state index contributed by atoms with van der Waals surface area (Å²) in [5, 5.41) is 4.12. The number of aromatic nitrogens is 3. The van der Waals surface area contributed by atoms with Crippen LogP contribution < -0.4 is 5.73 Å². The number of pyridine rings is 1. The molecule has 0 radical (unpaired) electrons.